The molecule has 0 aromatic heterocycles. The van der Waals surface area contributed by atoms with Crippen molar-refractivity contribution in [2.45, 2.75) is 76.7 Å². The van der Waals surface area contributed by atoms with E-state index in [1.807, 2.05) is 6.08 Å². The number of unbranched alkanes of at least 4 members (excludes halogenated alkanes) is 7. The first-order valence-corrected chi connectivity index (χ1v) is 10.2. The van der Waals surface area contributed by atoms with Gasteiger partial charge in [-0.25, -0.2) is 0 Å². The zero-order valence-corrected chi connectivity index (χ0v) is 16.7. The fourth-order valence-corrected chi connectivity index (χ4v) is 3.53. The Morgan fingerprint density at radius 3 is 2.43 bits per heavy atom. The highest BCUT2D eigenvalue weighted by atomic mass is 16.4. The van der Waals surface area contributed by atoms with E-state index in [0.29, 0.717) is 12.4 Å². The third kappa shape index (κ3) is 6.32. The molecule has 0 saturated carbocycles. The van der Waals surface area contributed by atoms with Gasteiger partial charge in [0.1, 0.15) is 11.4 Å². The predicted molar refractivity (Wildman–Crippen MR) is 108 cm³/mol. The average Bonchev–Trinajstić information content (AvgIpc) is 2.65. The Balaban J connectivity index is 1.60. The second kappa shape index (κ2) is 10.8. The van der Waals surface area contributed by atoms with Gasteiger partial charge in [0.05, 0.1) is 6.42 Å². The minimum absolute atomic E-state index is 0.0718. The number of aliphatic imine (C=N–C) groups is 1. The van der Waals surface area contributed by atoms with Gasteiger partial charge in [0.2, 0.25) is 5.91 Å². The van der Waals surface area contributed by atoms with Crippen LogP contribution < -0.4 is 5.32 Å². The van der Waals surface area contributed by atoms with E-state index in [-0.39, 0.29) is 24.7 Å². The van der Waals surface area contributed by atoms with E-state index < -0.39 is 11.5 Å². The Morgan fingerprint density at radius 2 is 1.75 bits per heavy atom. The van der Waals surface area contributed by atoms with Crippen molar-refractivity contribution >= 4 is 23.6 Å². The number of nitrogens with zero attached hydrogens (tertiary/aromatic N) is 2. The summed E-state index contributed by atoms with van der Waals surface area (Å²) in [6, 6.07) is 0. The maximum Gasteiger partial charge on any atom is 0.303 e. The van der Waals surface area contributed by atoms with Crippen molar-refractivity contribution in [1.82, 2.24) is 10.2 Å². The number of amides is 2. The first-order chi connectivity index (χ1) is 13.4. The van der Waals surface area contributed by atoms with Crippen molar-refractivity contribution in [1.29, 1.82) is 0 Å². The normalized spacial score (nSPS) is 20.7. The molecule has 0 aliphatic carbocycles. The zero-order valence-electron chi connectivity index (χ0n) is 16.7. The van der Waals surface area contributed by atoms with Crippen molar-refractivity contribution in [3.63, 3.8) is 0 Å². The number of carbonyl (C=O) groups excluding carboxylic acids is 2. The number of amidine groups is 1. The third-order valence-electron chi connectivity index (χ3n) is 5.20. The smallest absolute Gasteiger partial charge is 0.303 e. The van der Waals surface area contributed by atoms with Crippen molar-refractivity contribution in [3.8, 4) is 0 Å². The summed E-state index contributed by atoms with van der Waals surface area (Å²) in [6.45, 7) is 2.38. The Kier molecular flexibility index (Phi) is 8.42. The van der Waals surface area contributed by atoms with E-state index in [9.17, 15) is 14.4 Å². The van der Waals surface area contributed by atoms with Crippen LogP contribution in [0.3, 0.4) is 0 Å². The number of hydrogen-bond acceptors (Lipinski definition) is 4. The first kappa shape index (κ1) is 21.9. The van der Waals surface area contributed by atoms with Gasteiger partial charge < -0.3 is 15.3 Å². The van der Waals surface area contributed by atoms with E-state index in [4.69, 9.17) is 5.11 Å². The Labute approximate surface area is 166 Å². The monoisotopic (exact) mass is 389 g/mol. The van der Waals surface area contributed by atoms with E-state index in [0.717, 1.165) is 51.4 Å². The molecule has 0 saturated heterocycles. The van der Waals surface area contributed by atoms with Crippen LogP contribution in [0.1, 0.15) is 71.1 Å². The molecule has 28 heavy (non-hydrogen) atoms. The van der Waals surface area contributed by atoms with Crippen LogP contribution in [0.25, 0.3) is 0 Å². The highest BCUT2D eigenvalue weighted by molar-refractivity contribution is 6.09. The fraction of sp³-hybridized carbons (Fsp3) is 0.619. The van der Waals surface area contributed by atoms with Gasteiger partial charge in [0, 0.05) is 19.2 Å². The third-order valence-corrected chi connectivity index (χ3v) is 5.20. The molecule has 0 aromatic rings. The van der Waals surface area contributed by atoms with Gasteiger partial charge in [-0.05, 0) is 31.9 Å². The molecular formula is C21H31N3O4. The molecule has 2 aliphatic heterocycles. The van der Waals surface area contributed by atoms with Crippen molar-refractivity contribution in [3.05, 3.63) is 24.4 Å². The van der Waals surface area contributed by atoms with Crippen LogP contribution in [0.4, 0.5) is 0 Å². The second-order valence-corrected chi connectivity index (χ2v) is 7.61. The van der Waals surface area contributed by atoms with E-state index in [1.165, 1.54) is 0 Å². The molecule has 2 heterocycles. The Morgan fingerprint density at radius 1 is 1.11 bits per heavy atom. The second-order valence-electron chi connectivity index (χ2n) is 7.61. The molecule has 0 spiro atoms. The molecule has 0 bridgehead atoms. The lowest BCUT2D eigenvalue weighted by Crippen LogP contribution is -2.60. The lowest BCUT2D eigenvalue weighted by Gasteiger charge is -2.41. The largest absolute Gasteiger partial charge is 0.481 e. The zero-order chi connectivity index (χ0) is 20.4. The molecule has 2 aliphatic rings. The summed E-state index contributed by atoms with van der Waals surface area (Å²) in [5.41, 5.74) is -0.939. The number of nitrogens with one attached hydrogen (secondary N) is 1. The SMILES string of the molecule is CC1(C(=O)NCCCCCCCCCCC(=O)O)CC(=O)N=C2C=CC=CN21. The number of rotatable bonds is 12. The molecule has 1 atom stereocenters. The average molecular weight is 389 g/mol. The minimum Gasteiger partial charge on any atom is -0.481 e. The van der Waals surface area contributed by atoms with Crippen LogP contribution in [0, 0.1) is 0 Å². The number of allylic oxidation sites excluding steroid dienone is 2. The van der Waals surface area contributed by atoms with Crippen LogP contribution in [0.5, 0.6) is 0 Å². The predicted octanol–water partition coefficient (Wildman–Crippen LogP) is 3.17. The van der Waals surface area contributed by atoms with Gasteiger partial charge in [0.15, 0.2) is 0 Å². The van der Waals surface area contributed by atoms with Gasteiger partial charge >= 0.3 is 5.97 Å². The van der Waals surface area contributed by atoms with Gasteiger partial charge in [-0.3, -0.25) is 14.4 Å². The number of carboxylic acids is 1. The van der Waals surface area contributed by atoms with Crippen molar-refractivity contribution < 1.29 is 19.5 Å². The van der Waals surface area contributed by atoms with Crippen LogP contribution in [-0.2, 0) is 14.4 Å². The summed E-state index contributed by atoms with van der Waals surface area (Å²) >= 11 is 0. The van der Waals surface area contributed by atoms with Crippen LogP contribution >= 0.6 is 0 Å². The van der Waals surface area contributed by atoms with E-state index in [1.54, 1.807) is 30.2 Å². The summed E-state index contributed by atoms with van der Waals surface area (Å²) in [6.07, 6.45) is 15.7. The molecule has 154 valence electrons. The van der Waals surface area contributed by atoms with E-state index >= 15 is 0 Å². The first-order valence-electron chi connectivity index (χ1n) is 10.2. The molecule has 2 rings (SSSR count). The quantitative estimate of drug-likeness (QED) is 0.500. The molecule has 0 fully saturated rings. The van der Waals surface area contributed by atoms with Gasteiger partial charge in [0.25, 0.3) is 5.91 Å². The van der Waals surface area contributed by atoms with Gasteiger partial charge in [-0.2, -0.15) is 4.99 Å². The van der Waals surface area contributed by atoms with Gasteiger partial charge in [-0.15, -0.1) is 0 Å². The standard InChI is InChI=1S/C21H31N3O4/c1-21(16-18(25)23-17-12-9-11-15-24(17)21)20(28)22-14-10-7-5-3-2-4-6-8-13-19(26)27/h9,11-12,15H,2-8,10,13-14,16H2,1H3,(H,22,28)(H,26,27). The Hall–Kier alpha value is -2.44. The number of hydrogen-bond donors (Lipinski definition) is 2. The maximum atomic E-state index is 12.7. The lowest BCUT2D eigenvalue weighted by atomic mass is 9.91. The fourth-order valence-electron chi connectivity index (χ4n) is 3.53. The van der Waals surface area contributed by atoms with Crippen molar-refractivity contribution in [2.75, 3.05) is 6.54 Å². The summed E-state index contributed by atoms with van der Waals surface area (Å²) in [5, 5.41) is 11.6. The number of fused-ring (bicyclic) bond motifs is 1. The summed E-state index contributed by atoms with van der Waals surface area (Å²) in [7, 11) is 0. The topological polar surface area (TPSA) is 99.1 Å². The highest BCUT2D eigenvalue weighted by Crippen LogP contribution is 2.28. The van der Waals surface area contributed by atoms with Crippen LogP contribution in [0.15, 0.2) is 29.4 Å². The summed E-state index contributed by atoms with van der Waals surface area (Å²) < 4.78 is 0. The van der Waals surface area contributed by atoms with Crippen LogP contribution in [-0.4, -0.2) is 45.7 Å². The molecular weight excluding hydrogens is 358 g/mol. The molecule has 2 amide bonds. The van der Waals surface area contributed by atoms with Crippen LogP contribution in [0.2, 0.25) is 0 Å². The summed E-state index contributed by atoms with van der Waals surface area (Å²) in [5.74, 6) is -0.622. The molecule has 0 aromatic carbocycles. The number of aliphatic carboxylic acids is 1. The molecule has 7 heteroatoms. The van der Waals surface area contributed by atoms with E-state index in [2.05, 4.69) is 10.3 Å². The summed E-state index contributed by atoms with van der Waals surface area (Å²) in [4.78, 5) is 40.9. The molecule has 7 nitrogen and oxygen atoms in total. The van der Waals surface area contributed by atoms with Gasteiger partial charge in [-0.1, -0.05) is 44.6 Å². The maximum absolute atomic E-state index is 12.7. The highest BCUT2D eigenvalue weighted by Gasteiger charge is 2.44. The number of carboxylic acid groups (broad SMARTS) is 1. The molecule has 2 N–H and O–H groups in total. The lowest BCUT2D eigenvalue weighted by molar-refractivity contribution is -0.137. The minimum atomic E-state index is -0.939. The number of carbonyl (C=O) groups is 3. The Bertz CT molecular complexity index is 669. The molecule has 0 radical (unpaired) electrons. The van der Waals surface area contributed by atoms with Crippen molar-refractivity contribution in [2.24, 2.45) is 4.99 Å². The molecule has 1 unspecified atom stereocenters.